The summed E-state index contributed by atoms with van der Waals surface area (Å²) in [4.78, 5) is 12.4. The standard InChI is InChI=1S/C14H28N2O/c1-4-12(5-2)16-13(17)14(10-15)8-6-11(3)7-9-14/h11-12H,4-10,15H2,1-3H3,(H,16,17). The fourth-order valence-corrected chi connectivity index (χ4v) is 2.67. The van der Waals surface area contributed by atoms with Crippen LogP contribution in [0.1, 0.15) is 59.3 Å². The smallest absolute Gasteiger partial charge is 0.227 e. The van der Waals surface area contributed by atoms with Gasteiger partial charge in [-0.15, -0.1) is 0 Å². The van der Waals surface area contributed by atoms with Gasteiger partial charge in [0.05, 0.1) is 5.41 Å². The first kappa shape index (κ1) is 14.5. The zero-order valence-electron chi connectivity index (χ0n) is 11.6. The van der Waals surface area contributed by atoms with Crippen LogP contribution in [0.15, 0.2) is 0 Å². The third kappa shape index (κ3) is 3.44. The topological polar surface area (TPSA) is 55.1 Å². The highest BCUT2D eigenvalue weighted by Gasteiger charge is 2.40. The first-order chi connectivity index (χ1) is 8.07. The predicted molar refractivity (Wildman–Crippen MR) is 71.6 cm³/mol. The lowest BCUT2D eigenvalue weighted by Gasteiger charge is -2.38. The molecule has 0 saturated heterocycles. The molecule has 3 nitrogen and oxygen atoms in total. The van der Waals surface area contributed by atoms with Crippen molar-refractivity contribution in [2.24, 2.45) is 17.1 Å². The second-order valence-electron chi connectivity index (χ2n) is 5.65. The molecule has 1 saturated carbocycles. The molecule has 0 radical (unpaired) electrons. The molecule has 17 heavy (non-hydrogen) atoms. The SMILES string of the molecule is CCC(CC)NC(=O)C1(CN)CCC(C)CC1. The number of nitrogens with two attached hydrogens (primary N) is 1. The fraction of sp³-hybridized carbons (Fsp3) is 0.929. The summed E-state index contributed by atoms with van der Waals surface area (Å²) < 4.78 is 0. The maximum atomic E-state index is 12.4. The van der Waals surface area contributed by atoms with Crippen molar-refractivity contribution < 1.29 is 4.79 Å². The van der Waals surface area contributed by atoms with Gasteiger partial charge in [0.15, 0.2) is 0 Å². The molecule has 1 aliphatic rings. The summed E-state index contributed by atoms with van der Waals surface area (Å²) in [5, 5.41) is 3.17. The molecule has 0 bridgehead atoms. The first-order valence-electron chi connectivity index (χ1n) is 7.09. The van der Waals surface area contributed by atoms with Gasteiger partial charge in [-0.1, -0.05) is 20.8 Å². The minimum Gasteiger partial charge on any atom is -0.353 e. The van der Waals surface area contributed by atoms with Gasteiger partial charge >= 0.3 is 0 Å². The van der Waals surface area contributed by atoms with E-state index in [9.17, 15) is 4.79 Å². The summed E-state index contributed by atoms with van der Waals surface area (Å²) in [6.45, 7) is 6.99. The molecule has 1 aliphatic carbocycles. The number of amides is 1. The number of carbonyl (C=O) groups is 1. The van der Waals surface area contributed by atoms with Crippen LogP contribution in [-0.2, 0) is 4.79 Å². The summed E-state index contributed by atoms with van der Waals surface area (Å²) in [5.74, 6) is 0.941. The van der Waals surface area contributed by atoms with Gasteiger partial charge in [-0.2, -0.15) is 0 Å². The monoisotopic (exact) mass is 240 g/mol. The molecule has 0 aromatic carbocycles. The molecule has 1 amide bonds. The van der Waals surface area contributed by atoms with Crippen molar-refractivity contribution >= 4 is 5.91 Å². The Hall–Kier alpha value is -0.570. The van der Waals surface area contributed by atoms with Crippen molar-refractivity contribution in [2.45, 2.75) is 65.3 Å². The number of hydrogen-bond acceptors (Lipinski definition) is 2. The average molecular weight is 240 g/mol. The van der Waals surface area contributed by atoms with Gasteiger partial charge in [0.1, 0.15) is 0 Å². The highest BCUT2D eigenvalue weighted by molar-refractivity contribution is 5.83. The Morgan fingerprint density at radius 3 is 2.29 bits per heavy atom. The number of hydrogen-bond donors (Lipinski definition) is 2. The third-order valence-corrected chi connectivity index (χ3v) is 4.42. The van der Waals surface area contributed by atoms with E-state index in [0.29, 0.717) is 12.6 Å². The molecular formula is C14H28N2O. The minimum atomic E-state index is -0.283. The molecule has 3 heteroatoms. The van der Waals surface area contributed by atoms with Crippen molar-refractivity contribution in [1.29, 1.82) is 0 Å². The number of rotatable bonds is 5. The highest BCUT2D eigenvalue weighted by Crippen LogP contribution is 2.38. The van der Waals surface area contributed by atoms with E-state index in [4.69, 9.17) is 5.73 Å². The number of carbonyl (C=O) groups excluding carboxylic acids is 1. The van der Waals surface area contributed by atoms with E-state index in [1.165, 1.54) is 0 Å². The Bertz CT molecular complexity index is 241. The van der Waals surface area contributed by atoms with Crippen LogP contribution in [-0.4, -0.2) is 18.5 Å². The van der Waals surface area contributed by atoms with Crippen molar-refractivity contribution in [1.82, 2.24) is 5.32 Å². The van der Waals surface area contributed by atoms with Gasteiger partial charge in [0.2, 0.25) is 5.91 Å². The quantitative estimate of drug-likeness (QED) is 0.775. The van der Waals surface area contributed by atoms with Crippen molar-refractivity contribution in [3.8, 4) is 0 Å². The van der Waals surface area contributed by atoms with Crippen molar-refractivity contribution in [3.05, 3.63) is 0 Å². The second-order valence-corrected chi connectivity index (χ2v) is 5.65. The molecule has 0 aromatic heterocycles. The molecule has 0 unspecified atom stereocenters. The summed E-state index contributed by atoms with van der Waals surface area (Å²) in [5.41, 5.74) is 5.60. The van der Waals surface area contributed by atoms with E-state index in [1.807, 2.05) is 0 Å². The molecule has 0 atom stereocenters. The van der Waals surface area contributed by atoms with Crippen molar-refractivity contribution in [2.75, 3.05) is 6.54 Å². The van der Waals surface area contributed by atoms with Crippen LogP contribution in [0.25, 0.3) is 0 Å². The molecule has 0 aliphatic heterocycles. The van der Waals surface area contributed by atoms with Crippen LogP contribution in [0.3, 0.4) is 0 Å². The van der Waals surface area contributed by atoms with Gasteiger partial charge in [-0.05, 0) is 44.4 Å². The third-order valence-electron chi connectivity index (χ3n) is 4.42. The van der Waals surface area contributed by atoms with E-state index >= 15 is 0 Å². The Morgan fingerprint density at radius 2 is 1.88 bits per heavy atom. The second kappa shape index (κ2) is 6.39. The van der Waals surface area contributed by atoms with Gasteiger partial charge in [-0.3, -0.25) is 4.79 Å². The lowest BCUT2D eigenvalue weighted by Crippen LogP contribution is -2.50. The Labute approximate surface area is 106 Å². The predicted octanol–water partition coefficient (Wildman–Crippen LogP) is 2.45. The summed E-state index contributed by atoms with van der Waals surface area (Å²) in [6.07, 6.45) is 6.17. The zero-order chi connectivity index (χ0) is 12.9. The lowest BCUT2D eigenvalue weighted by molar-refractivity contribution is -0.133. The normalized spacial score (nSPS) is 29.4. The van der Waals surface area contributed by atoms with Gasteiger partial charge in [0.25, 0.3) is 0 Å². The minimum absolute atomic E-state index is 0.195. The Morgan fingerprint density at radius 1 is 1.35 bits per heavy atom. The maximum Gasteiger partial charge on any atom is 0.227 e. The van der Waals surface area contributed by atoms with Gasteiger partial charge in [0, 0.05) is 12.6 Å². The number of nitrogens with one attached hydrogen (secondary N) is 1. The van der Waals surface area contributed by atoms with Crippen LogP contribution in [0.4, 0.5) is 0 Å². The van der Waals surface area contributed by atoms with Crippen LogP contribution >= 0.6 is 0 Å². The van der Waals surface area contributed by atoms with Gasteiger partial charge in [-0.25, -0.2) is 0 Å². The molecule has 100 valence electrons. The highest BCUT2D eigenvalue weighted by atomic mass is 16.2. The Balaban J connectivity index is 2.63. The van der Waals surface area contributed by atoms with E-state index in [1.54, 1.807) is 0 Å². The molecule has 1 fully saturated rings. The zero-order valence-corrected chi connectivity index (χ0v) is 11.6. The van der Waals surface area contributed by atoms with E-state index in [-0.39, 0.29) is 11.3 Å². The van der Waals surface area contributed by atoms with Crippen LogP contribution in [0, 0.1) is 11.3 Å². The van der Waals surface area contributed by atoms with Crippen LogP contribution in [0.2, 0.25) is 0 Å². The van der Waals surface area contributed by atoms with Gasteiger partial charge < -0.3 is 11.1 Å². The van der Waals surface area contributed by atoms with E-state index in [0.717, 1.165) is 44.4 Å². The maximum absolute atomic E-state index is 12.4. The summed E-state index contributed by atoms with van der Waals surface area (Å²) >= 11 is 0. The first-order valence-corrected chi connectivity index (χ1v) is 7.09. The molecule has 3 N–H and O–H groups in total. The van der Waals surface area contributed by atoms with Crippen LogP contribution < -0.4 is 11.1 Å². The lowest BCUT2D eigenvalue weighted by atomic mass is 9.70. The van der Waals surface area contributed by atoms with E-state index in [2.05, 4.69) is 26.1 Å². The molecule has 1 rings (SSSR count). The van der Waals surface area contributed by atoms with E-state index < -0.39 is 0 Å². The Kier molecular flexibility index (Phi) is 5.44. The molecular weight excluding hydrogens is 212 g/mol. The largest absolute Gasteiger partial charge is 0.353 e. The molecule has 0 heterocycles. The van der Waals surface area contributed by atoms with Crippen molar-refractivity contribution in [3.63, 3.8) is 0 Å². The summed E-state index contributed by atoms with van der Waals surface area (Å²) in [7, 11) is 0. The summed E-state index contributed by atoms with van der Waals surface area (Å²) in [6, 6.07) is 0.310. The molecule has 0 spiro atoms. The molecule has 0 aromatic rings. The average Bonchev–Trinajstić information content (AvgIpc) is 2.37. The van der Waals surface area contributed by atoms with Crippen LogP contribution in [0.5, 0.6) is 0 Å². The fourth-order valence-electron chi connectivity index (χ4n) is 2.67.